The first kappa shape index (κ1) is 9.40. The van der Waals surface area contributed by atoms with Gasteiger partial charge in [-0.05, 0) is 22.0 Å². The second-order valence-corrected chi connectivity index (χ2v) is 4.20. The maximum absolute atomic E-state index is 4.31. The largest absolute Gasteiger partial charge is 0.363 e. The third kappa shape index (κ3) is 1.70. The molecule has 4 heteroatoms. The van der Waals surface area contributed by atoms with Gasteiger partial charge in [0.15, 0.2) is 0 Å². The summed E-state index contributed by atoms with van der Waals surface area (Å²) >= 11 is 3.38. The highest BCUT2D eigenvalue weighted by atomic mass is 79.9. The summed E-state index contributed by atoms with van der Waals surface area (Å²) in [6.07, 6.45) is 3.63. The van der Waals surface area contributed by atoms with E-state index in [0.717, 1.165) is 21.2 Å². The van der Waals surface area contributed by atoms with Gasteiger partial charge in [-0.1, -0.05) is 0 Å². The lowest BCUT2D eigenvalue weighted by Crippen LogP contribution is -2.10. The van der Waals surface area contributed by atoms with Crippen LogP contribution in [0.2, 0.25) is 0 Å². The van der Waals surface area contributed by atoms with Crippen molar-refractivity contribution < 1.29 is 0 Å². The summed E-state index contributed by atoms with van der Waals surface area (Å²) in [5, 5.41) is 1.05. The Balaban J connectivity index is 2.62. The molecule has 0 saturated heterocycles. The third-order valence-corrected chi connectivity index (χ3v) is 2.41. The van der Waals surface area contributed by atoms with E-state index in [9.17, 15) is 0 Å². The summed E-state index contributed by atoms with van der Waals surface area (Å²) in [4.78, 5) is 10.6. The van der Waals surface area contributed by atoms with E-state index in [2.05, 4.69) is 25.9 Å². The fourth-order valence-corrected chi connectivity index (χ4v) is 1.58. The van der Waals surface area contributed by atoms with Crippen molar-refractivity contribution in [3.05, 3.63) is 29.0 Å². The quantitative estimate of drug-likeness (QED) is 0.780. The van der Waals surface area contributed by atoms with Crippen molar-refractivity contribution >= 4 is 32.7 Å². The molecule has 0 atom stereocenters. The van der Waals surface area contributed by atoms with Crippen LogP contribution in [0.4, 0.5) is 5.82 Å². The molecule has 0 N–H and O–H groups in total. The van der Waals surface area contributed by atoms with Crippen LogP contribution in [-0.4, -0.2) is 24.1 Å². The molecule has 0 saturated carbocycles. The Morgan fingerprint density at radius 3 is 2.64 bits per heavy atom. The molecule has 3 nitrogen and oxygen atoms in total. The summed E-state index contributed by atoms with van der Waals surface area (Å²) in [7, 11) is 3.93. The molecule has 0 aliphatic heterocycles. The standard InChI is InChI=1S/C10H10BrN3/c1-14(2)10-4-9-7(5-13-10)3-8(11)6-12-9/h3-6H,1-2H3. The first-order valence-corrected chi connectivity index (χ1v) is 5.05. The summed E-state index contributed by atoms with van der Waals surface area (Å²) in [6.45, 7) is 0. The SMILES string of the molecule is CN(C)c1cc2ncc(Br)cc2cn1. The maximum atomic E-state index is 4.31. The monoisotopic (exact) mass is 251 g/mol. The fraction of sp³-hybridized carbons (Fsp3) is 0.200. The van der Waals surface area contributed by atoms with Crippen molar-refractivity contribution in [2.75, 3.05) is 19.0 Å². The predicted octanol–water partition coefficient (Wildman–Crippen LogP) is 2.46. The van der Waals surface area contributed by atoms with Gasteiger partial charge in [-0.3, -0.25) is 4.98 Å². The summed E-state index contributed by atoms with van der Waals surface area (Å²) in [5.41, 5.74) is 0.965. The van der Waals surface area contributed by atoms with E-state index in [1.165, 1.54) is 0 Å². The molecule has 2 rings (SSSR count). The van der Waals surface area contributed by atoms with Crippen LogP contribution in [0.25, 0.3) is 10.9 Å². The van der Waals surface area contributed by atoms with Crippen LogP contribution in [0.15, 0.2) is 29.0 Å². The van der Waals surface area contributed by atoms with Crippen molar-refractivity contribution in [3.63, 3.8) is 0 Å². The summed E-state index contributed by atoms with van der Waals surface area (Å²) < 4.78 is 0.976. The molecule has 0 aliphatic carbocycles. The minimum atomic E-state index is 0.923. The van der Waals surface area contributed by atoms with Gasteiger partial charge in [0.25, 0.3) is 0 Å². The lowest BCUT2D eigenvalue weighted by Gasteiger charge is -2.10. The molecular weight excluding hydrogens is 242 g/mol. The number of hydrogen-bond acceptors (Lipinski definition) is 3. The average molecular weight is 252 g/mol. The van der Waals surface area contributed by atoms with Crippen molar-refractivity contribution in [2.24, 2.45) is 0 Å². The van der Waals surface area contributed by atoms with E-state index < -0.39 is 0 Å². The van der Waals surface area contributed by atoms with E-state index in [0.29, 0.717) is 0 Å². The highest BCUT2D eigenvalue weighted by Crippen LogP contribution is 2.19. The van der Waals surface area contributed by atoms with Crippen LogP contribution >= 0.6 is 15.9 Å². The molecule has 0 aliphatic rings. The van der Waals surface area contributed by atoms with Gasteiger partial charge in [0.2, 0.25) is 0 Å². The number of nitrogens with zero attached hydrogens (tertiary/aromatic N) is 3. The molecular formula is C10H10BrN3. The van der Waals surface area contributed by atoms with Gasteiger partial charge in [-0.15, -0.1) is 0 Å². The highest BCUT2D eigenvalue weighted by molar-refractivity contribution is 9.10. The summed E-state index contributed by atoms with van der Waals surface area (Å²) in [6, 6.07) is 3.98. The number of fused-ring (bicyclic) bond motifs is 1. The zero-order valence-electron chi connectivity index (χ0n) is 8.03. The predicted molar refractivity (Wildman–Crippen MR) is 61.6 cm³/mol. The maximum Gasteiger partial charge on any atom is 0.130 e. The molecule has 0 amide bonds. The molecule has 14 heavy (non-hydrogen) atoms. The third-order valence-electron chi connectivity index (χ3n) is 1.98. The smallest absolute Gasteiger partial charge is 0.130 e. The van der Waals surface area contributed by atoms with E-state index in [1.54, 1.807) is 6.20 Å². The van der Waals surface area contributed by atoms with E-state index in [-0.39, 0.29) is 0 Å². The Labute approximate surface area is 90.9 Å². The zero-order valence-corrected chi connectivity index (χ0v) is 9.62. The Morgan fingerprint density at radius 2 is 1.93 bits per heavy atom. The molecule has 0 bridgehead atoms. The first-order valence-electron chi connectivity index (χ1n) is 4.25. The van der Waals surface area contributed by atoms with Crippen molar-refractivity contribution in [1.29, 1.82) is 0 Å². The van der Waals surface area contributed by atoms with E-state index in [4.69, 9.17) is 0 Å². The molecule has 2 aromatic heterocycles. The Kier molecular flexibility index (Phi) is 2.37. The molecule has 0 spiro atoms. The molecule has 0 fully saturated rings. The number of pyridine rings is 2. The lowest BCUT2D eigenvalue weighted by molar-refractivity contribution is 1.07. The first-order chi connectivity index (χ1) is 6.66. The molecule has 0 unspecified atom stereocenters. The van der Waals surface area contributed by atoms with Gasteiger partial charge in [-0.2, -0.15) is 0 Å². The van der Waals surface area contributed by atoms with Gasteiger partial charge in [-0.25, -0.2) is 4.98 Å². The summed E-state index contributed by atoms with van der Waals surface area (Å²) in [5.74, 6) is 0.923. The van der Waals surface area contributed by atoms with E-state index in [1.807, 2.05) is 37.3 Å². The number of aromatic nitrogens is 2. The van der Waals surface area contributed by atoms with Gasteiger partial charge in [0.1, 0.15) is 5.82 Å². The normalized spacial score (nSPS) is 10.5. The molecule has 2 aromatic rings. The number of hydrogen-bond donors (Lipinski definition) is 0. The Hall–Kier alpha value is -1.16. The second kappa shape index (κ2) is 3.53. The molecule has 72 valence electrons. The van der Waals surface area contributed by atoms with Gasteiger partial charge in [0, 0.05) is 42.4 Å². The van der Waals surface area contributed by atoms with Crippen LogP contribution in [0, 0.1) is 0 Å². The fourth-order valence-electron chi connectivity index (χ4n) is 1.23. The van der Waals surface area contributed by atoms with Crippen molar-refractivity contribution in [1.82, 2.24) is 9.97 Å². The molecule has 0 radical (unpaired) electrons. The number of anilines is 1. The highest BCUT2D eigenvalue weighted by Gasteiger charge is 2.00. The lowest BCUT2D eigenvalue weighted by atomic mass is 10.2. The number of rotatable bonds is 1. The minimum absolute atomic E-state index is 0.923. The van der Waals surface area contributed by atoms with Gasteiger partial charge >= 0.3 is 0 Å². The van der Waals surface area contributed by atoms with Crippen LogP contribution in [0.3, 0.4) is 0 Å². The Morgan fingerprint density at radius 1 is 1.14 bits per heavy atom. The second-order valence-electron chi connectivity index (χ2n) is 3.28. The molecule has 2 heterocycles. The van der Waals surface area contributed by atoms with Crippen LogP contribution < -0.4 is 4.90 Å². The topological polar surface area (TPSA) is 29.0 Å². The van der Waals surface area contributed by atoms with Crippen LogP contribution in [0.1, 0.15) is 0 Å². The number of halogens is 1. The molecule has 0 aromatic carbocycles. The minimum Gasteiger partial charge on any atom is -0.363 e. The van der Waals surface area contributed by atoms with Gasteiger partial charge in [0.05, 0.1) is 5.52 Å². The van der Waals surface area contributed by atoms with Crippen molar-refractivity contribution in [3.8, 4) is 0 Å². The average Bonchev–Trinajstić information content (AvgIpc) is 2.16. The Bertz CT molecular complexity index is 468. The van der Waals surface area contributed by atoms with Crippen LogP contribution in [0.5, 0.6) is 0 Å². The zero-order chi connectivity index (χ0) is 10.1. The van der Waals surface area contributed by atoms with Crippen molar-refractivity contribution in [2.45, 2.75) is 0 Å². The van der Waals surface area contributed by atoms with E-state index >= 15 is 0 Å². The van der Waals surface area contributed by atoms with Crippen LogP contribution in [-0.2, 0) is 0 Å². The van der Waals surface area contributed by atoms with Gasteiger partial charge < -0.3 is 4.90 Å².